The average Bonchev–Trinajstić information content (AvgIpc) is 2.38. The summed E-state index contributed by atoms with van der Waals surface area (Å²) in [5, 5.41) is 10.8. The molecule has 0 unspecified atom stereocenters. The molecule has 94 valence electrons. The molecular formula is C13H7ClN2O3. The fourth-order valence-corrected chi connectivity index (χ4v) is 2.29. The van der Waals surface area contributed by atoms with E-state index in [0.29, 0.717) is 26.8 Å². The third kappa shape index (κ3) is 1.75. The molecule has 0 atom stereocenters. The first kappa shape index (κ1) is 11.7. The maximum atomic E-state index is 11.9. The van der Waals surface area contributed by atoms with Crippen LogP contribution in [-0.2, 0) is 0 Å². The summed E-state index contributed by atoms with van der Waals surface area (Å²) in [5.41, 5.74) is 0.112. The van der Waals surface area contributed by atoms with Crippen LogP contribution in [0.15, 0.2) is 35.3 Å². The molecule has 2 aromatic heterocycles. The zero-order valence-electron chi connectivity index (χ0n) is 9.48. The second kappa shape index (κ2) is 4.07. The molecule has 0 aliphatic rings. The highest BCUT2D eigenvalue weighted by Gasteiger charge is 2.11. The molecule has 2 heterocycles. The lowest BCUT2D eigenvalue weighted by Gasteiger charge is -2.05. The summed E-state index contributed by atoms with van der Waals surface area (Å²) in [4.78, 5) is 29.6. The van der Waals surface area contributed by atoms with E-state index in [9.17, 15) is 9.59 Å². The van der Waals surface area contributed by atoms with Gasteiger partial charge in [-0.05, 0) is 24.3 Å². The van der Waals surface area contributed by atoms with Gasteiger partial charge in [0.2, 0.25) is 0 Å². The number of benzene rings is 1. The molecule has 1 aromatic carbocycles. The molecule has 0 saturated heterocycles. The second-order valence-corrected chi connectivity index (χ2v) is 4.44. The Morgan fingerprint density at radius 1 is 1.26 bits per heavy atom. The summed E-state index contributed by atoms with van der Waals surface area (Å²) < 4.78 is 0. The number of carboxylic acids is 1. The number of aromatic amines is 1. The Kier molecular flexibility index (Phi) is 2.50. The number of H-pyrrole nitrogens is 1. The molecule has 5 nitrogen and oxygen atoms in total. The van der Waals surface area contributed by atoms with Gasteiger partial charge in [-0.3, -0.25) is 4.79 Å². The molecule has 6 heteroatoms. The van der Waals surface area contributed by atoms with E-state index in [1.165, 1.54) is 24.4 Å². The number of nitrogens with one attached hydrogen (secondary N) is 1. The number of aromatic nitrogens is 2. The van der Waals surface area contributed by atoms with E-state index in [0.717, 1.165) is 0 Å². The molecule has 0 amide bonds. The molecule has 3 rings (SSSR count). The maximum Gasteiger partial charge on any atom is 0.335 e. The number of carbonyl (C=O) groups is 1. The van der Waals surface area contributed by atoms with Crippen LogP contribution in [0, 0.1) is 0 Å². The molecule has 0 aliphatic heterocycles. The Balaban J connectivity index is 2.60. The van der Waals surface area contributed by atoms with Crippen molar-refractivity contribution in [1.29, 1.82) is 0 Å². The van der Waals surface area contributed by atoms with Crippen LogP contribution in [-0.4, -0.2) is 21.0 Å². The molecule has 3 aromatic rings. The normalized spacial score (nSPS) is 11.0. The van der Waals surface area contributed by atoms with Crippen molar-refractivity contribution in [2.24, 2.45) is 0 Å². The minimum Gasteiger partial charge on any atom is -0.478 e. The topological polar surface area (TPSA) is 83.0 Å². The van der Waals surface area contributed by atoms with Gasteiger partial charge in [0.1, 0.15) is 5.65 Å². The summed E-state index contributed by atoms with van der Waals surface area (Å²) in [6, 6.07) is 5.88. The van der Waals surface area contributed by atoms with Crippen molar-refractivity contribution in [2.45, 2.75) is 0 Å². The number of pyridine rings is 2. The number of carboxylic acid groups (broad SMARTS) is 1. The van der Waals surface area contributed by atoms with Crippen LogP contribution in [0.3, 0.4) is 0 Å². The van der Waals surface area contributed by atoms with Gasteiger partial charge in [-0.25, -0.2) is 9.78 Å². The Hall–Kier alpha value is -2.40. The lowest BCUT2D eigenvalue weighted by atomic mass is 10.1. The zero-order valence-corrected chi connectivity index (χ0v) is 10.2. The fraction of sp³-hybridized carbons (Fsp3) is 0. The van der Waals surface area contributed by atoms with Crippen LogP contribution in [0.4, 0.5) is 0 Å². The van der Waals surface area contributed by atoms with Crippen molar-refractivity contribution in [2.75, 3.05) is 0 Å². The van der Waals surface area contributed by atoms with Crippen molar-refractivity contribution in [1.82, 2.24) is 9.97 Å². The highest BCUT2D eigenvalue weighted by Crippen LogP contribution is 2.27. The molecular weight excluding hydrogens is 268 g/mol. The van der Waals surface area contributed by atoms with Gasteiger partial charge in [-0.1, -0.05) is 11.6 Å². The largest absolute Gasteiger partial charge is 0.478 e. The standard InChI is InChI=1S/C13H7ClN2O3/c14-9-3-4-15-11-10(9)8-5-6(13(18)19)1-2-7(8)12(17)16-11/h1-5H,(H,18,19)(H,15,16,17). The molecule has 19 heavy (non-hydrogen) atoms. The van der Waals surface area contributed by atoms with Crippen LogP contribution in [0.5, 0.6) is 0 Å². The van der Waals surface area contributed by atoms with Crippen LogP contribution in [0.1, 0.15) is 10.4 Å². The van der Waals surface area contributed by atoms with Crippen molar-refractivity contribution in [3.63, 3.8) is 0 Å². The van der Waals surface area contributed by atoms with Crippen molar-refractivity contribution in [3.8, 4) is 0 Å². The van der Waals surface area contributed by atoms with Gasteiger partial charge >= 0.3 is 5.97 Å². The predicted octanol–water partition coefficient (Wildman–Crippen LogP) is 2.43. The Bertz CT molecular complexity index is 886. The minimum absolute atomic E-state index is 0.0966. The van der Waals surface area contributed by atoms with Crippen molar-refractivity contribution < 1.29 is 9.90 Å². The smallest absolute Gasteiger partial charge is 0.335 e. The number of hydrogen-bond donors (Lipinski definition) is 2. The quantitative estimate of drug-likeness (QED) is 0.668. The minimum atomic E-state index is -1.06. The number of hydrogen-bond acceptors (Lipinski definition) is 3. The first-order valence-corrected chi connectivity index (χ1v) is 5.79. The second-order valence-electron chi connectivity index (χ2n) is 4.04. The summed E-state index contributed by atoms with van der Waals surface area (Å²) in [6.07, 6.45) is 1.48. The van der Waals surface area contributed by atoms with Gasteiger partial charge in [-0.2, -0.15) is 0 Å². The lowest BCUT2D eigenvalue weighted by Crippen LogP contribution is -2.08. The lowest BCUT2D eigenvalue weighted by molar-refractivity contribution is 0.0697. The predicted molar refractivity (Wildman–Crippen MR) is 71.8 cm³/mol. The van der Waals surface area contributed by atoms with Gasteiger partial charge < -0.3 is 10.1 Å². The first-order chi connectivity index (χ1) is 9.08. The van der Waals surface area contributed by atoms with Crippen LogP contribution in [0.25, 0.3) is 21.8 Å². The van der Waals surface area contributed by atoms with E-state index in [1.807, 2.05) is 0 Å². The van der Waals surface area contributed by atoms with Crippen LogP contribution < -0.4 is 5.56 Å². The van der Waals surface area contributed by atoms with E-state index in [4.69, 9.17) is 16.7 Å². The van der Waals surface area contributed by atoms with Crippen molar-refractivity contribution in [3.05, 3.63) is 51.4 Å². The summed E-state index contributed by atoms with van der Waals surface area (Å²) in [5.74, 6) is -1.06. The van der Waals surface area contributed by atoms with Crippen LogP contribution in [0.2, 0.25) is 5.02 Å². The van der Waals surface area contributed by atoms with Crippen LogP contribution >= 0.6 is 11.6 Å². The van der Waals surface area contributed by atoms with E-state index in [-0.39, 0.29) is 11.1 Å². The molecule has 0 saturated carbocycles. The molecule has 0 aliphatic carbocycles. The molecule has 0 spiro atoms. The Labute approximate surface area is 111 Å². The molecule has 0 fully saturated rings. The molecule has 0 radical (unpaired) electrons. The summed E-state index contributed by atoms with van der Waals surface area (Å²) >= 11 is 6.11. The number of nitrogens with zero attached hydrogens (tertiary/aromatic N) is 1. The van der Waals surface area contributed by atoms with E-state index >= 15 is 0 Å². The average molecular weight is 275 g/mol. The highest BCUT2D eigenvalue weighted by molar-refractivity contribution is 6.37. The van der Waals surface area contributed by atoms with Crippen molar-refractivity contribution >= 4 is 39.4 Å². The Morgan fingerprint density at radius 2 is 2.05 bits per heavy atom. The summed E-state index contributed by atoms with van der Waals surface area (Å²) in [6.45, 7) is 0. The van der Waals surface area contributed by atoms with E-state index < -0.39 is 5.97 Å². The monoisotopic (exact) mass is 274 g/mol. The fourth-order valence-electron chi connectivity index (χ4n) is 2.05. The highest BCUT2D eigenvalue weighted by atomic mass is 35.5. The number of halogens is 1. The summed E-state index contributed by atoms with van der Waals surface area (Å²) in [7, 11) is 0. The maximum absolute atomic E-state index is 11.9. The van der Waals surface area contributed by atoms with Gasteiger partial charge in [0.15, 0.2) is 0 Å². The third-order valence-corrected chi connectivity index (χ3v) is 3.23. The number of aromatic carboxylic acids is 1. The van der Waals surface area contributed by atoms with Gasteiger partial charge in [0, 0.05) is 22.4 Å². The van der Waals surface area contributed by atoms with E-state index in [2.05, 4.69) is 9.97 Å². The van der Waals surface area contributed by atoms with Gasteiger partial charge in [0.25, 0.3) is 5.56 Å². The van der Waals surface area contributed by atoms with Gasteiger partial charge in [-0.15, -0.1) is 0 Å². The SMILES string of the molecule is O=C(O)c1ccc2c(=O)[nH]c3nccc(Cl)c3c2c1. The molecule has 2 N–H and O–H groups in total. The number of fused-ring (bicyclic) bond motifs is 3. The Morgan fingerprint density at radius 3 is 2.79 bits per heavy atom. The van der Waals surface area contributed by atoms with Gasteiger partial charge in [0.05, 0.1) is 10.6 Å². The first-order valence-electron chi connectivity index (χ1n) is 5.41. The molecule has 0 bridgehead atoms. The van der Waals surface area contributed by atoms with E-state index in [1.54, 1.807) is 6.07 Å². The third-order valence-electron chi connectivity index (χ3n) is 2.91. The zero-order chi connectivity index (χ0) is 13.6. The number of rotatable bonds is 1.